The molecule has 1 saturated carbocycles. The van der Waals surface area contributed by atoms with E-state index in [2.05, 4.69) is 74.1 Å². The van der Waals surface area contributed by atoms with E-state index in [1.807, 2.05) is 20.8 Å². The number of nitrogen functional groups attached to an aromatic ring is 1. The van der Waals surface area contributed by atoms with Crippen LogP contribution in [-0.2, 0) is 23.2 Å². The van der Waals surface area contributed by atoms with E-state index in [0.717, 1.165) is 24.7 Å². The number of carbonyl (C=O) groups excluding carboxylic acids is 1. The smallest absolute Gasteiger partial charge is 0.398 e. The van der Waals surface area contributed by atoms with Crippen molar-refractivity contribution in [2.45, 2.75) is 155 Å². The third-order valence-corrected chi connectivity index (χ3v) is 9.05. The predicted molar refractivity (Wildman–Crippen MR) is 222 cm³/mol. The quantitative estimate of drug-likeness (QED) is 0.0918. The van der Waals surface area contributed by atoms with E-state index in [9.17, 15) is 22.0 Å². The summed E-state index contributed by atoms with van der Waals surface area (Å²) in [5.41, 5.74) is 1.36. The maximum absolute atomic E-state index is 13.0. The molecule has 1 saturated heterocycles. The summed E-state index contributed by atoms with van der Waals surface area (Å²) < 4.78 is 63.4. The lowest BCUT2D eigenvalue weighted by molar-refractivity contribution is -0.137. The number of aryl methyl sites for hydroxylation is 1. The highest BCUT2D eigenvalue weighted by Gasteiger charge is 2.38. The van der Waals surface area contributed by atoms with Crippen LogP contribution in [0.2, 0.25) is 0 Å². The summed E-state index contributed by atoms with van der Waals surface area (Å²) in [6.07, 6.45) is 15.0. The van der Waals surface area contributed by atoms with E-state index in [-0.39, 0.29) is 5.56 Å². The fraction of sp³-hybridized carbons (Fsp3) is 0.643. The van der Waals surface area contributed by atoms with Gasteiger partial charge in [0.2, 0.25) is 0 Å². The van der Waals surface area contributed by atoms with Crippen LogP contribution in [0.1, 0.15) is 140 Å². The number of unbranched alkanes of at least 4 members (excludes halogenated alkanes) is 1. The Kier molecular flexibility index (Phi) is 30.5. The summed E-state index contributed by atoms with van der Waals surface area (Å²) in [6, 6.07) is 11.9. The van der Waals surface area contributed by atoms with Crippen LogP contribution in [0.15, 0.2) is 49.1 Å². The van der Waals surface area contributed by atoms with Gasteiger partial charge < -0.3 is 26.1 Å². The Morgan fingerprint density at radius 3 is 1.81 bits per heavy atom. The normalized spacial score (nSPS) is 14.4. The Hall–Kier alpha value is -2.55. The van der Waals surface area contributed by atoms with E-state index in [1.165, 1.54) is 124 Å². The molecule has 4 N–H and O–H groups in total. The average Bonchev–Trinajstić information content (AvgIpc) is 3.67. The predicted octanol–water partition coefficient (Wildman–Crippen LogP) is 12.5. The highest BCUT2D eigenvalue weighted by atomic mass is 31.0. The number of alkyl halides is 5. The number of hydrogen-bond donors (Lipinski definition) is 3. The Morgan fingerprint density at radius 2 is 1.38 bits per heavy atom. The molecule has 0 bridgehead atoms. The SMILES string of the molecule is C1CCC(N2CCCC2)CC1.C=CC.C=O.CCCC.CCCC(CCC)Nc1ccccc1CNC.Cc1cc(C(F)(F)F)c(N)c(C(F)(F)P)c1. The number of nitrogens with two attached hydrogens (primary N) is 1. The molecule has 0 spiro atoms. The van der Waals surface area contributed by atoms with Gasteiger partial charge in [-0.1, -0.05) is 106 Å². The van der Waals surface area contributed by atoms with Crippen molar-refractivity contribution in [2.24, 2.45) is 0 Å². The molecule has 53 heavy (non-hydrogen) atoms. The number of rotatable bonds is 11. The van der Waals surface area contributed by atoms with Gasteiger partial charge in [-0.05, 0) is 102 Å². The number of nitrogens with zero attached hydrogens (tertiary/aromatic N) is 1. The molecule has 2 aromatic rings. The highest BCUT2D eigenvalue weighted by Crippen LogP contribution is 2.44. The molecule has 1 aliphatic carbocycles. The second kappa shape index (κ2) is 30.7. The summed E-state index contributed by atoms with van der Waals surface area (Å²) in [6.45, 7) is 21.1. The fourth-order valence-corrected chi connectivity index (χ4v) is 6.31. The summed E-state index contributed by atoms with van der Waals surface area (Å²) >= 11 is 0. The molecule has 2 aromatic carbocycles. The number of anilines is 2. The van der Waals surface area contributed by atoms with Gasteiger partial charge >= 0.3 is 6.18 Å². The maximum atomic E-state index is 13.0. The number of likely N-dealkylation sites (tertiary alicyclic amines) is 1. The molecule has 0 radical (unpaired) electrons. The molecule has 0 amide bonds. The molecular formula is C42H72F5N4OP. The second-order valence-electron chi connectivity index (χ2n) is 13.4. The lowest BCUT2D eigenvalue weighted by atomic mass is 9.94. The van der Waals surface area contributed by atoms with Crippen LogP contribution in [0.3, 0.4) is 0 Å². The molecule has 0 aromatic heterocycles. The van der Waals surface area contributed by atoms with Crippen molar-refractivity contribution in [3.05, 3.63) is 71.3 Å². The van der Waals surface area contributed by atoms with E-state index >= 15 is 0 Å². The molecule has 2 aliphatic rings. The third-order valence-electron chi connectivity index (χ3n) is 8.74. The molecular weight excluding hydrogens is 702 g/mol. The minimum absolute atomic E-state index is 0.0821. The number of nitrogens with one attached hydrogen (secondary N) is 2. The van der Waals surface area contributed by atoms with E-state index in [4.69, 9.17) is 10.5 Å². The van der Waals surface area contributed by atoms with Crippen molar-refractivity contribution in [2.75, 3.05) is 31.2 Å². The van der Waals surface area contributed by atoms with Crippen molar-refractivity contribution in [3.63, 3.8) is 0 Å². The molecule has 2 fully saturated rings. The van der Waals surface area contributed by atoms with Crippen LogP contribution in [0, 0.1) is 6.92 Å². The zero-order chi connectivity index (χ0) is 40.9. The van der Waals surface area contributed by atoms with Crippen LogP contribution in [0.4, 0.5) is 33.3 Å². The van der Waals surface area contributed by atoms with Crippen molar-refractivity contribution in [1.29, 1.82) is 0 Å². The van der Waals surface area contributed by atoms with Gasteiger partial charge in [0, 0.05) is 29.9 Å². The molecule has 4 rings (SSSR count). The Morgan fingerprint density at radius 1 is 0.887 bits per heavy atom. The molecule has 306 valence electrons. The third kappa shape index (κ3) is 23.1. The van der Waals surface area contributed by atoms with Gasteiger partial charge in [-0.25, -0.2) is 0 Å². The van der Waals surface area contributed by atoms with Gasteiger partial charge in [-0.15, -0.1) is 6.58 Å². The summed E-state index contributed by atoms with van der Waals surface area (Å²) in [5, 5.41) is 6.92. The van der Waals surface area contributed by atoms with E-state index < -0.39 is 28.7 Å². The van der Waals surface area contributed by atoms with Gasteiger partial charge in [0.25, 0.3) is 5.66 Å². The lowest BCUT2D eigenvalue weighted by Gasteiger charge is -2.30. The number of para-hydroxylation sites is 1. The van der Waals surface area contributed by atoms with Crippen LogP contribution in [0.5, 0.6) is 0 Å². The van der Waals surface area contributed by atoms with Crippen LogP contribution in [-0.4, -0.2) is 43.9 Å². The first-order valence-electron chi connectivity index (χ1n) is 19.4. The van der Waals surface area contributed by atoms with Crippen LogP contribution in [0.25, 0.3) is 0 Å². The first-order chi connectivity index (χ1) is 25.1. The number of allylic oxidation sites excluding steroid dienone is 1. The molecule has 1 atom stereocenters. The topological polar surface area (TPSA) is 70.4 Å². The monoisotopic (exact) mass is 775 g/mol. The van der Waals surface area contributed by atoms with Gasteiger partial charge in [-0.2, -0.15) is 22.0 Å². The lowest BCUT2D eigenvalue weighted by Crippen LogP contribution is -2.34. The fourth-order valence-electron chi connectivity index (χ4n) is 6.07. The van der Waals surface area contributed by atoms with Gasteiger partial charge in [0.1, 0.15) is 6.79 Å². The second-order valence-corrected chi connectivity index (χ2v) is 14.2. The average molecular weight is 775 g/mol. The van der Waals surface area contributed by atoms with E-state index in [1.54, 1.807) is 6.08 Å². The summed E-state index contributed by atoms with van der Waals surface area (Å²) in [5.74, 6) is 0. The minimum Gasteiger partial charge on any atom is -0.398 e. The minimum atomic E-state index is -4.74. The van der Waals surface area contributed by atoms with Gasteiger partial charge in [0.15, 0.2) is 0 Å². The first kappa shape index (κ1) is 52.6. The molecule has 11 heteroatoms. The zero-order valence-electron chi connectivity index (χ0n) is 33.8. The van der Waals surface area contributed by atoms with Crippen LogP contribution >= 0.6 is 9.24 Å². The maximum Gasteiger partial charge on any atom is 0.418 e. The molecule has 1 heterocycles. The van der Waals surface area contributed by atoms with Crippen molar-refractivity contribution >= 4 is 27.4 Å². The zero-order valence-corrected chi connectivity index (χ0v) is 35.0. The van der Waals surface area contributed by atoms with Crippen LogP contribution < -0.4 is 16.4 Å². The highest BCUT2D eigenvalue weighted by molar-refractivity contribution is 7.17. The first-order valence-corrected chi connectivity index (χ1v) is 20.0. The standard InChI is InChI=1S/C15H26N2.C10H19N.C9H9F5NP.C4H10.C3H6.CH2O/c1-4-8-14(9-5-2)17-15-11-7-6-10-13(15)12-16-3;1-2-6-10(7-3-1)11-8-4-5-9-11;1-4-2-5(8(10,11)12)7(15)6(3-4)9(13,14)16;1-3-4-2;1-3-2;1-2/h6-7,10-11,14,16-17H,4-5,8-9,12H2,1-3H3;10H,1-9H2;2-3H,15-16H2,1H3;3-4H2,1-2H3;3H,1H2,2H3;1H2. The van der Waals surface area contributed by atoms with Crippen molar-refractivity contribution < 1.29 is 26.7 Å². The van der Waals surface area contributed by atoms with E-state index in [0.29, 0.717) is 6.04 Å². The van der Waals surface area contributed by atoms with Gasteiger partial charge in [-0.3, -0.25) is 0 Å². The molecule has 5 nitrogen and oxygen atoms in total. The van der Waals surface area contributed by atoms with Crippen molar-refractivity contribution in [3.8, 4) is 0 Å². The molecule has 1 unspecified atom stereocenters. The van der Waals surface area contributed by atoms with Crippen molar-refractivity contribution in [1.82, 2.24) is 10.2 Å². The Bertz CT molecular complexity index is 1150. The Balaban J connectivity index is 0. The summed E-state index contributed by atoms with van der Waals surface area (Å²) in [4.78, 5) is 10.7. The summed E-state index contributed by atoms with van der Waals surface area (Å²) in [7, 11) is 3.16. The number of hydrogen-bond acceptors (Lipinski definition) is 5. The largest absolute Gasteiger partial charge is 0.418 e. The number of halogens is 5. The van der Waals surface area contributed by atoms with Gasteiger partial charge in [0.05, 0.1) is 11.3 Å². The number of carbonyl (C=O) groups is 1. The molecule has 1 aliphatic heterocycles. The Labute approximate surface area is 321 Å². The number of benzene rings is 2.